The lowest BCUT2D eigenvalue weighted by Gasteiger charge is -2.24. The van der Waals surface area contributed by atoms with E-state index in [1.54, 1.807) is 21.3 Å². The topological polar surface area (TPSA) is 40.0 Å². The van der Waals surface area contributed by atoms with Crippen LogP contribution in [0.2, 0.25) is 0 Å². The van der Waals surface area contributed by atoms with Crippen molar-refractivity contribution < 1.29 is 14.2 Å². The maximum atomic E-state index is 5.15. The van der Waals surface area contributed by atoms with E-state index in [1.165, 1.54) is 11.9 Å². The molecule has 64 valence electrons. The summed E-state index contributed by atoms with van der Waals surface area (Å²) in [5.41, 5.74) is 0. The van der Waals surface area contributed by atoms with E-state index in [4.69, 9.17) is 14.2 Å². The van der Waals surface area contributed by atoms with Crippen molar-refractivity contribution in [3.63, 3.8) is 0 Å². The quantitative estimate of drug-likeness (QED) is 0.459. The highest BCUT2D eigenvalue weighted by Crippen LogP contribution is 2.29. The highest BCUT2D eigenvalue weighted by molar-refractivity contribution is 7.98. The molecule has 0 unspecified atom stereocenters. The van der Waals surface area contributed by atoms with Gasteiger partial charge >= 0.3 is 0 Å². The maximum Gasteiger partial charge on any atom is 0.258 e. The first-order valence-electron chi connectivity index (χ1n) is 3.14. The van der Waals surface area contributed by atoms with Gasteiger partial charge in [-0.25, -0.2) is 0 Å². The predicted molar refractivity (Wildman–Crippen MR) is 43.7 cm³/mol. The minimum atomic E-state index is -0.764. The molecule has 0 N–H and O–H groups in total. The van der Waals surface area contributed by atoms with Gasteiger partial charge in [0.05, 0.1) is 12.9 Å². The fourth-order valence-electron chi connectivity index (χ4n) is 0.876. The number of hydrogen-bond donors (Lipinski definition) is 0. The van der Waals surface area contributed by atoms with Gasteiger partial charge in [-0.1, -0.05) is 0 Å². The average molecular weight is 177 g/mol. The second-order valence-electron chi connectivity index (χ2n) is 2.04. The van der Waals surface area contributed by atoms with E-state index in [-0.39, 0.29) is 0 Å². The molecule has 0 saturated heterocycles. The van der Waals surface area contributed by atoms with E-state index < -0.39 is 5.79 Å². The van der Waals surface area contributed by atoms with Gasteiger partial charge in [-0.05, 0) is 11.9 Å². The molecule has 0 atom stereocenters. The summed E-state index contributed by atoms with van der Waals surface area (Å²) in [5.74, 6) is 0.371. The molecule has 11 heavy (non-hydrogen) atoms. The Morgan fingerprint density at radius 2 is 2.00 bits per heavy atom. The van der Waals surface area contributed by atoms with Crippen molar-refractivity contribution >= 4 is 17.8 Å². The second-order valence-corrected chi connectivity index (χ2v) is 2.76. The van der Waals surface area contributed by atoms with Crippen LogP contribution in [-0.4, -0.2) is 38.8 Å². The molecular formula is C6H11NO3S. The van der Waals surface area contributed by atoms with Crippen molar-refractivity contribution in [1.82, 2.24) is 0 Å². The van der Waals surface area contributed by atoms with Crippen LogP contribution in [0.25, 0.3) is 0 Å². The number of rotatable bonds is 2. The summed E-state index contributed by atoms with van der Waals surface area (Å²) >= 11 is 1.38. The van der Waals surface area contributed by atoms with Gasteiger partial charge in [0.2, 0.25) is 0 Å². The number of hydrogen-bond acceptors (Lipinski definition) is 5. The Kier molecular flexibility index (Phi) is 2.75. The normalized spacial score (nSPS) is 21.5. The van der Waals surface area contributed by atoms with Gasteiger partial charge in [0.25, 0.3) is 11.7 Å². The fraction of sp³-hybridized carbons (Fsp3) is 0.833. The van der Waals surface area contributed by atoms with E-state index in [9.17, 15) is 0 Å². The van der Waals surface area contributed by atoms with Crippen LogP contribution < -0.4 is 0 Å². The Labute approximate surface area is 70.1 Å². The number of methoxy groups -OCH3 is 3. The highest BCUT2D eigenvalue weighted by atomic mass is 32.2. The van der Waals surface area contributed by atoms with Crippen molar-refractivity contribution in [2.45, 2.75) is 5.79 Å². The van der Waals surface area contributed by atoms with Crippen LogP contribution in [-0.2, 0) is 14.2 Å². The largest absolute Gasteiger partial charge is 0.480 e. The van der Waals surface area contributed by atoms with Gasteiger partial charge in [-0.2, -0.15) is 4.40 Å². The van der Waals surface area contributed by atoms with Crippen LogP contribution in [0.5, 0.6) is 0 Å². The Hall–Kier alpha value is -0.260. The third-order valence-corrected chi connectivity index (χ3v) is 2.38. The summed E-state index contributed by atoms with van der Waals surface area (Å²) in [6.07, 6.45) is 0. The van der Waals surface area contributed by atoms with E-state index in [0.717, 1.165) is 0 Å². The molecule has 1 aliphatic rings. The zero-order chi connectivity index (χ0) is 8.32. The molecular weight excluding hydrogens is 166 g/mol. The predicted octanol–water partition coefficient (Wildman–Crippen LogP) is 0.682. The fourth-order valence-corrected chi connectivity index (χ4v) is 1.80. The lowest BCUT2D eigenvalue weighted by molar-refractivity contribution is -0.144. The summed E-state index contributed by atoms with van der Waals surface area (Å²) in [6, 6.07) is 0. The first kappa shape index (κ1) is 8.83. The standard InChI is InChI=1S/C6H11NO3S/c1-8-5-6(9-2,10-3)4-11-7-5/h4H2,1-3H3. The van der Waals surface area contributed by atoms with Gasteiger partial charge in [0.1, 0.15) is 0 Å². The molecule has 0 fully saturated rings. The molecule has 1 heterocycles. The smallest absolute Gasteiger partial charge is 0.258 e. The molecule has 5 heteroatoms. The third kappa shape index (κ3) is 1.36. The van der Waals surface area contributed by atoms with E-state index in [0.29, 0.717) is 11.7 Å². The molecule has 0 spiro atoms. The van der Waals surface area contributed by atoms with Crippen LogP contribution in [0.1, 0.15) is 0 Å². The van der Waals surface area contributed by atoms with Crippen LogP contribution in [0.15, 0.2) is 4.40 Å². The number of nitrogens with zero attached hydrogens (tertiary/aromatic N) is 1. The molecule has 4 nitrogen and oxygen atoms in total. The Bertz CT molecular complexity index is 167. The van der Waals surface area contributed by atoms with E-state index in [1.807, 2.05) is 0 Å². The van der Waals surface area contributed by atoms with Crippen molar-refractivity contribution in [3.05, 3.63) is 0 Å². The molecule has 0 radical (unpaired) electrons. The van der Waals surface area contributed by atoms with Gasteiger partial charge in [0.15, 0.2) is 0 Å². The van der Waals surface area contributed by atoms with Crippen LogP contribution in [0, 0.1) is 0 Å². The van der Waals surface area contributed by atoms with Gasteiger partial charge in [0, 0.05) is 14.2 Å². The first-order valence-corrected chi connectivity index (χ1v) is 4.08. The lowest BCUT2D eigenvalue weighted by atomic mass is 10.3. The van der Waals surface area contributed by atoms with Crippen molar-refractivity contribution in [3.8, 4) is 0 Å². The highest BCUT2D eigenvalue weighted by Gasteiger charge is 2.42. The minimum Gasteiger partial charge on any atom is -0.480 e. The summed E-state index contributed by atoms with van der Waals surface area (Å²) < 4.78 is 19.3. The van der Waals surface area contributed by atoms with Crippen molar-refractivity contribution in [2.75, 3.05) is 27.1 Å². The number of ether oxygens (including phenoxy) is 3. The Balaban J connectivity index is 2.75. The summed E-state index contributed by atoms with van der Waals surface area (Å²) in [6.45, 7) is 0. The Morgan fingerprint density at radius 3 is 2.36 bits per heavy atom. The van der Waals surface area contributed by atoms with Gasteiger partial charge in [-0.15, -0.1) is 0 Å². The van der Waals surface area contributed by atoms with Gasteiger partial charge < -0.3 is 14.2 Å². The molecule has 0 amide bonds. The maximum absolute atomic E-state index is 5.15. The summed E-state index contributed by atoms with van der Waals surface area (Å²) in [5, 5.41) is 0. The first-order chi connectivity index (χ1) is 5.29. The molecule has 0 bridgehead atoms. The molecule has 1 rings (SSSR count). The van der Waals surface area contributed by atoms with E-state index in [2.05, 4.69) is 4.40 Å². The third-order valence-electron chi connectivity index (χ3n) is 1.58. The van der Waals surface area contributed by atoms with Crippen LogP contribution in [0.3, 0.4) is 0 Å². The lowest BCUT2D eigenvalue weighted by Crippen LogP contribution is -2.43. The second kappa shape index (κ2) is 3.42. The summed E-state index contributed by atoms with van der Waals surface area (Å²) in [4.78, 5) is 0. The zero-order valence-corrected chi connectivity index (χ0v) is 7.60. The molecule has 0 aliphatic carbocycles. The molecule has 1 aliphatic heterocycles. The minimum absolute atomic E-state index is 0.493. The Morgan fingerprint density at radius 1 is 1.36 bits per heavy atom. The van der Waals surface area contributed by atoms with Crippen molar-refractivity contribution in [1.29, 1.82) is 0 Å². The SMILES string of the molecule is COC1=NSCC1(OC)OC. The molecule has 0 aromatic rings. The van der Waals surface area contributed by atoms with Crippen LogP contribution in [0.4, 0.5) is 0 Å². The zero-order valence-electron chi connectivity index (χ0n) is 6.79. The van der Waals surface area contributed by atoms with Gasteiger partial charge in [-0.3, -0.25) is 0 Å². The van der Waals surface area contributed by atoms with E-state index >= 15 is 0 Å². The molecule has 0 aromatic heterocycles. The van der Waals surface area contributed by atoms with Crippen LogP contribution >= 0.6 is 11.9 Å². The average Bonchev–Trinajstić information content (AvgIpc) is 2.47. The molecule has 0 saturated carbocycles. The van der Waals surface area contributed by atoms with Crippen molar-refractivity contribution in [2.24, 2.45) is 4.40 Å². The molecule has 0 aromatic carbocycles. The monoisotopic (exact) mass is 177 g/mol. The summed E-state index contributed by atoms with van der Waals surface area (Å²) in [7, 11) is 4.70.